The first-order valence-electron chi connectivity index (χ1n) is 10.5. The Labute approximate surface area is 183 Å². The van der Waals surface area contributed by atoms with Gasteiger partial charge in [-0.25, -0.2) is 4.99 Å². The zero-order valence-electron chi connectivity index (χ0n) is 18.6. The second-order valence-corrected chi connectivity index (χ2v) is 7.63. The van der Waals surface area contributed by atoms with E-state index in [1.165, 1.54) is 5.01 Å². The summed E-state index contributed by atoms with van der Waals surface area (Å²) in [6.07, 6.45) is 1.74. The predicted molar refractivity (Wildman–Crippen MR) is 124 cm³/mol. The van der Waals surface area contributed by atoms with Crippen LogP contribution in [0.4, 0.5) is 5.69 Å². The minimum Gasteiger partial charge on any atom is -0.378 e. The number of hydrogen-bond donors (Lipinski definition) is 2. The van der Waals surface area contributed by atoms with E-state index >= 15 is 0 Å². The fraction of sp³-hybridized carbons (Fsp3) is 0.292. The lowest BCUT2D eigenvalue weighted by molar-refractivity contribution is -0.888. The Morgan fingerprint density at radius 1 is 1.06 bits per heavy atom. The van der Waals surface area contributed by atoms with Gasteiger partial charge in [0.25, 0.3) is 11.8 Å². The van der Waals surface area contributed by atoms with Gasteiger partial charge in [-0.3, -0.25) is 15.0 Å². The Morgan fingerprint density at radius 3 is 2.29 bits per heavy atom. The maximum absolute atomic E-state index is 13.1. The second kappa shape index (κ2) is 10.0. The quantitative estimate of drug-likeness (QED) is 0.634. The Balaban J connectivity index is 1.89. The van der Waals surface area contributed by atoms with E-state index in [1.54, 1.807) is 6.08 Å². The summed E-state index contributed by atoms with van der Waals surface area (Å²) in [5.74, 6) is -0.143. The molecule has 31 heavy (non-hydrogen) atoms. The molecule has 162 valence electrons. The molecule has 0 spiro atoms. The second-order valence-electron chi connectivity index (χ2n) is 7.63. The van der Waals surface area contributed by atoms with Gasteiger partial charge in [0.05, 0.1) is 13.1 Å². The maximum atomic E-state index is 13.1. The van der Waals surface area contributed by atoms with Crippen molar-refractivity contribution >= 4 is 29.4 Å². The Hall–Kier alpha value is -3.45. The fourth-order valence-corrected chi connectivity index (χ4v) is 3.32. The lowest BCUT2D eigenvalue weighted by atomic mass is 10.1. The van der Waals surface area contributed by atoms with E-state index in [1.807, 2.05) is 87.4 Å². The number of carbonyl (C=O) groups is 2. The molecule has 0 atom stereocenters. The third-order valence-corrected chi connectivity index (χ3v) is 5.25. The predicted octanol–water partition coefficient (Wildman–Crippen LogP) is 1.34. The van der Waals surface area contributed by atoms with Crippen molar-refractivity contribution in [3.63, 3.8) is 0 Å². The number of carbonyl (C=O) groups excluding carboxylic acids is 2. The molecule has 0 radical (unpaired) electrons. The van der Waals surface area contributed by atoms with E-state index in [4.69, 9.17) is 0 Å². The highest BCUT2D eigenvalue weighted by molar-refractivity contribution is 6.20. The van der Waals surface area contributed by atoms with E-state index in [0.717, 1.165) is 34.8 Å². The van der Waals surface area contributed by atoms with Crippen molar-refractivity contribution in [3.05, 3.63) is 71.4 Å². The van der Waals surface area contributed by atoms with Crippen molar-refractivity contribution in [1.82, 2.24) is 10.4 Å². The summed E-state index contributed by atoms with van der Waals surface area (Å²) in [5.41, 5.74) is 5.74. The van der Waals surface area contributed by atoms with Gasteiger partial charge in [-0.15, -0.1) is 0 Å². The smallest absolute Gasteiger partial charge is 0.297 e. The van der Waals surface area contributed by atoms with Crippen LogP contribution < -0.4 is 15.2 Å². The monoisotopic (exact) mass is 420 g/mol. The number of amidine groups is 1. The highest BCUT2D eigenvalue weighted by Gasteiger charge is 2.33. The molecule has 2 N–H and O–H groups in total. The lowest BCUT2D eigenvalue weighted by Crippen LogP contribution is -3.12. The van der Waals surface area contributed by atoms with Gasteiger partial charge in [0, 0.05) is 25.3 Å². The molecule has 0 bridgehead atoms. The first-order valence-corrected chi connectivity index (χ1v) is 10.5. The molecule has 7 heteroatoms. The number of nitrogens with one attached hydrogen (secondary N) is 2. The zero-order chi connectivity index (χ0) is 22.4. The molecule has 0 saturated carbocycles. The molecule has 2 amide bonds. The molecule has 2 aromatic rings. The van der Waals surface area contributed by atoms with E-state index in [-0.39, 0.29) is 17.5 Å². The molecule has 7 nitrogen and oxygen atoms in total. The van der Waals surface area contributed by atoms with Gasteiger partial charge in [0.1, 0.15) is 5.70 Å². The van der Waals surface area contributed by atoms with E-state index in [0.29, 0.717) is 12.4 Å². The van der Waals surface area contributed by atoms with Gasteiger partial charge in [-0.2, -0.15) is 5.01 Å². The molecule has 0 aliphatic carbocycles. The Kier molecular flexibility index (Phi) is 7.20. The summed E-state index contributed by atoms with van der Waals surface area (Å²) in [6.45, 7) is 6.04. The lowest BCUT2D eigenvalue weighted by Gasteiger charge is -2.21. The molecule has 0 fully saturated rings. The van der Waals surface area contributed by atoms with Crippen LogP contribution in [-0.2, 0) is 9.59 Å². The average molecular weight is 421 g/mol. The molecular weight excluding hydrogens is 390 g/mol. The van der Waals surface area contributed by atoms with Gasteiger partial charge in [-0.1, -0.05) is 42.5 Å². The topological polar surface area (TPSA) is 69.5 Å². The van der Waals surface area contributed by atoms with Crippen LogP contribution in [0.3, 0.4) is 0 Å². The Morgan fingerprint density at radius 2 is 1.71 bits per heavy atom. The van der Waals surface area contributed by atoms with Gasteiger partial charge in [-0.05, 0) is 37.6 Å². The summed E-state index contributed by atoms with van der Waals surface area (Å²) in [6, 6.07) is 17.3. The molecule has 1 aliphatic heterocycles. The molecule has 3 rings (SSSR count). The molecular formula is C24H30N5O2+. The van der Waals surface area contributed by atoms with Gasteiger partial charge < -0.3 is 9.80 Å². The molecule has 0 unspecified atom stereocenters. The van der Waals surface area contributed by atoms with Crippen LogP contribution in [0.5, 0.6) is 0 Å². The van der Waals surface area contributed by atoms with Gasteiger partial charge in [0.2, 0.25) is 0 Å². The number of rotatable bonds is 8. The van der Waals surface area contributed by atoms with Crippen LogP contribution in [0.15, 0.2) is 65.3 Å². The molecule has 0 saturated heterocycles. The molecule has 1 aliphatic rings. The minimum absolute atomic E-state index is 0.215. The SMILES string of the molecule is CC[NH+](CC)CC(=O)NN1C(=O)/C(=C\c2ccc(N(C)C)cc2)N=C1c1ccccc1. The minimum atomic E-state index is -0.349. The number of nitrogens with zero attached hydrogens (tertiary/aromatic N) is 3. The van der Waals surface area contributed by atoms with Crippen molar-refractivity contribution in [3.8, 4) is 0 Å². The number of hydrogen-bond acceptors (Lipinski definition) is 4. The van der Waals surface area contributed by atoms with Gasteiger partial charge >= 0.3 is 0 Å². The van der Waals surface area contributed by atoms with Crippen molar-refractivity contribution in [2.75, 3.05) is 38.6 Å². The fourth-order valence-electron chi connectivity index (χ4n) is 3.32. The standard InChI is InChI=1S/C24H29N5O2/c1-5-28(6-2)17-22(30)26-29-23(19-10-8-7-9-11-19)25-21(24(29)31)16-18-12-14-20(15-13-18)27(3)4/h7-16H,5-6,17H2,1-4H3,(H,26,30)/p+1/b21-16+. The molecule has 0 aromatic heterocycles. The number of amides is 2. The number of hydrazine groups is 1. The summed E-state index contributed by atoms with van der Waals surface area (Å²) in [5, 5.41) is 1.26. The highest BCUT2D eigenvalue weighted by Crippen LogP contribution is 2.22. The number of anilines is 1. The Bertz CT molecular complexity index is 977. The van der Waals surface area contributed by atoms with Crippen LogP contribution in [0.25, 0.3) is 6.08 Å². The average Bonchev–Trinajstić information content (AvgIpc) is 3.08. The molecule has 1 heterocycles. The van der Waals surface area contributed by atoms with Crippen LogP contribution in [-0.4, -0.2) is 56.4 Å². The first-order chi connectivity index (χ1) is 14.9. The summed E-state index contributed by atoms with van der Waals surface area (Å²) < 4.78 is 0. The number of aliphatic imine (C=N–C) groups is 1. The van der Waals surface area contributed by atoms with Crippen molar-refractivity contribution in [1.29, 1.82) is 0 Å². The number of benzene rings is 2. The summed E-state index contributed by atoms with van der Waals surface area (Å²) >= 11 is 0. The van der Waals surface area contributed by atoms with Crippen LogP contribution in [0, 0.1) is 0 Å². The highest BCUT2D eigenvalue weighted by atomic mass is 16.2. The normalized spacial score (nSPS) is 14.9. The third-order valence-electron chi connectivity index (χ3n) is 5.25. The van der Waals surface area contributed by atoms with Gasteiger partial charge in [0.15, 0.2) is 12.4 Å². The third kappa shape index (κ3) is 5.38. The van der Waals surface area contributed by atoms with Crippen LogP contribution in [0.2, 0.25) is 0 Å². The van der Waals surface area contributed by atoms with Crippen molar-refractivity contribution in [2.24, 2.45) is 4.99 Å². The number of likely N-dealkylation sites (N-methyl/N-ethyl adjacent to an activating group) is 1. The summed E-state index contributed by atoms with van der Waals surface area (Å²) in [7, 11) is 3.95. The summed E-state index contributed by atoms with van der Waals surface area (Å²) in [4.78, 5) is 33.5. The first kappa shape index (κ1) is 22.2. The van der Waals surface area contributed by atoms with E-state index in [2.05, 4.69) is 10.4 Å². The van der Waals surface area contributed by atoms with Crippen molar-refractivity contribution in [2.45, 2.75) is 13.8 Å². The van der Waals surface area contributed by atoms with E-state index in [9.17, 15) is 9.59 Å². The van der Waals surface area contributed by atoms with Crippen LogP contribution >= 0.6 is 0 Å². The zero-order valence-corrected chi connectivity index (χ0v) is 18.6. The molecule has 2 aromatic carbocycles. The maximum Gasteiger partial charge on any atom is 0.297 e. The van der Waals surface area contributed by atoms with Crippen LogP contribution in [0.1, 0.15) is 25.0 Å². The largest absolute Gasteiger partial charge is 0.378 e. The number of quaternary nitrogens is 1. The van der Waals surface area contributed by atoms with E-state index < -0.39 is 0 Å². The van der Waals surface area contributed by atoms with Crippen molar-refractivity contribution < 1.29 is 14.5 Å².